The topological polar surface area (TPSA) is 74.5 Å². The van der Waals surface area contributed by atoms with Crippen LogP contribution in [0.4, 0.5) is 0 Å². The Balaban J connectivity index is 1.71. The number of benzene rings is 2. The van der Waals surface area contributed by atoms with Crippen LogP contribution in [-0.4, -0.2) is 23.2 Å². The normalized spacial score (nSPS) is 10.5. The number of carbonyl (C=O) groups is 1. The van der Waals surface area contributed by atoms with Crippen molar-refractivity contribution in [2.24, 2.45) is 0 Å². The molecule has 0 fully saturated rings. The average molecular weight is 379 g/mol. The van der Waals surface area contributed by atoms with E-state index in [-0.39, 0.29) is 11.6 Å². The zero-order chi connectivity index (χ0) is 17.8. The third-order valence-electron chi connectivity index (χ3n) is 3.28. The molecular formula is C17H12Cl2N2O4. The molecule has 0 spiro atoms. The van der Waals surface area contributed by atoms with Crippen LogP contribution in [0.1, 0.15) is 16.2 Å². The van der Waals surface area contributed by atoms with E-state index in [4.69, 9.17) is 32.5 Å². The number of carbonyl (C=O) groups excluding carboxylic acids is 1. The van der Waals surface area contributed by atoms with Crippen LogP contribution in [0, 0.1) is 0 Å². The first kappa shape index (κ1) is 17.3. The number of nitrogens with zero attached hydrogens (tertiary/aromatic N) is 2. The van der Waals surface area contributed by atoms with Gasteiger partial charge in [-0.1, -0.05) is 40.5 Å². The van der Waals surface area contributed by atoms with Crippen molar-refractivity contribution < 1.29 is 18.8 Å². The molecule has 8 heteroatoms. The molecule has 0 aliphatic heterocycles. The Labute approximate surface area is 153 Å². The molecule has 25 heavy (non-hydrogen) atoms. The molecule has 0 atom stereocenters. The highest BCUT2D eigenvalue weighted by molar-refractivity contribution is 6.33. The van der Waals surface area contributed by atoms with Crippen LogP contribution in [0.5, 0.6) is 5.75 Å². The number of hydrogen-bond donors (Lipinski definition) is 0. The third-order valence-corrected chi connectivity index (χ3v) is 3.91. The minimum absolute atomic E-state index is 0.0469. The van der Waals surface area contributed by atoms with Crippen LogP contribution in [0.2, 0.25) is 10.0 Å². The van der Waals surface area contributed by atoms with Crippen LogP contribution < -0.4 is 4.74 Å². The van der Waals surface area contributed by atoms with Crippen molar-refractivity contribution >= 4 is 29.2 Å². The predicted molar refractivity (Wildman–Crippen MR) is 91.9 cm³/mol. The summed E-state index contributed by atoms with van der Waals surface area (Å²) < 4.78 is 15.4. The van der Waals surface area contributed by atoms with Crippen LogP contribution in [0.15, 0.2) is 47.0 Å². The Hall–Kier alpha value is -2.57. The summed E-state index contributed by atoms with van der Waals surface area (Å²) in [5.74, 6) is 0.550. The van der Waals surface area contributed by atoms with Crippen molar-refractivity contribution in [1.82, 2.24) is 10.1 Å². The Bertz CT molecular complexity index is 911. The van der Waals surface area contributed by atoms with Crippen molar-refractivity contribution in [1.29, 1.82) is 0 Å². The van der Waals surface area contributed by atoms with Gasteiger partial charge in [-0.2, -0.15) is 4.98 Å². The van der Waals surface area contributed by atoms with Gasteiger partial charge in [0.2, 0.25) is 5.82 Å². The van der Waals surface area contributed by atoms with E-state index < -0.39 is 5.97 Å². The van der Waals surface area contributed by atoms with Gasteiger partial charge in [-0.05, 0) is 30.3 Å². The summed E-state index contributed by atoms with van der Waals surface area (Å²) in [6, 6.07) is 11.7. The van der Waals surface area contributed by atoms with Crippen molar-refractivity contribution in [2.75, 3.05) is 7.11 Å². The predicted octanol–water partition coefficient (Wildman–Crippen LogP) is 4.41. The molecule has 0 saturated heterocycles. The van der Waals surface area contributed by atoms with E-state index in [2.05, 4.69) is 14.9 Å². The maximum absolute atomic E-state index is 11.5. The first-order valence-corrected chi connectivity index (χ1v) is 7.92. The molecular weight excluding hydrogens is 367 g/mol. The Morgan fingerprint density at radius 3 is 2.68 bits per heavy atom. The fourth-order valence-electron chi connectivity index (χ4n) is 2.06. The maximum atomic E-state index is 11.5. The van der Waals surface area contributed by atoms with E-state index in [0.717, 1.165) is 0 Å². The summed E-state index contributed by atoms with van der Waals surface area (Å²) in [6.07, 6.45) is 0. The molecule has 1 heterocycles. The molecule has 6 nitrogen and oxygen atoms in total. The lowest BCUT2D eigenvalue weighted by molar-refractivity contribution is 0.0600. The van der Waals surface area contributed by atoms with Crippen LogP contribution >= 0.6 is 23.2 Å². The van der Waals surface area contributed by atoms with Crippen molar-refractivity contribution in [2.45, 2.75) is 6.61 Å². The van der Waals surface area contributed by atoms with Gasteiger partial charge in [0, 0.05) is 0 Å². The number of rotatable bonds is 5. The van der Waals surface area contributed by atoms with Gasteiger partial charge in [-0.15, -0.1) is 0 Å². The van der Waals surface area contributed by atoms with Gasteiger partial charge in [-0.3, -0.25) is 0 Å². The lowest BCUT2D eigenvalue weighted by Gasteiger charge is -2.07. The highest BCUT2D eigenvalue weighted by Gasteiger charge is 2.14. The van der Waals surface area contributed by atoms with Gasteiger partial charge < -0.3 is 14.0 Å². The fourth-order valence-corrected chi connectivity index (χ4v) is 2.51. The monoisotopic (exact) mass is 378 g/mol. The maximum Gasteiger partial charge on any atom is 0.337 e. The lowest BCUT2D eigenvalue weighted by Crippen LogP contribution is -2.02. The van der Waals surface area contributed by atoms with E-state index >= 15 is 0 Å². The van der Waals surface area contributed by atoms with Crippen LogP contribution in [0.3, 0.4) is 0 Å². The van der Waals surface area contributed by atoms with E-state index in [9.17, 15) is 4.79 Å². The Morgan fingerprint density at radius 1 is 1.16 bits per heavy atom. The van der Waals surface area contributed by atoms with Gasteiger partial charge in [0.1, 0.15) is 5.75 Å². The summed E-state index contributed by atoms with van der Waals surface area (Å²) >= 11 is 12.2. The Morgan fingerprint density at radius 2 is 1.96 bits per heavy atom. The van der Waals surface area contributed by atoms with Gasteiger partial charge in [0.05, 0.1) is 28.3 Å². The standard InChI is InChI=1S/C17H12Cl2N2O4/c1-23-17(22)10-6-7-14(13(19)8-10)24-9-15-20-16(25-21-15)11-4-2-3-5-12(11)18/h2-8H,9H2,1H3. The van der Waals surface area contributed by atoms with E-state index in [1.165, 1.54) is 13.2 Å². The molecule has 0 unspecified atom stereocenters. The SMILES string of the molecule is COC(=O)c1ccc(OCc2noc(-c3ccccc3Cl)n2)c(Cl)c1. The summed E-state index contributed by atoms with van der Waals surface area (Å²) in [4.78, 5) is 15.7. The number of halogens is 2. The number of hydrogen-bond acceptors (Lipinski definition) is 6. The van der Waals surface area contributed by atoms with E-state index in [0.29, 0.717) is 33.6 Å². The van der Waals surface area contributed by atoms with Gasteiger partial charge in [-0.25, -0.2) is 4.79 Å². The molecule has 2 aromatic carbocycles. The van der Waals surface area contributed by atoms with Gasteiger partial charge in [0.25, 0.3) is 5.89 Å². The smallest absolute Gasteiger partial charge is 0.337 e. The summed E-state index contributed by atoms with van der Waals surface area (Å²) in [7, 11) is 1.30. The second-order valence-electron chi connectivity index (χ2n) is 4.92. The highest BCUT2D eigenvalue weighted by atomic mass is 35.5. The second-order valence-corrected chi connectivity index (χ2v) is 5.74. The zero-order valence-electron chi connectivity index (χ0n) is 13.0. The third kappa shape index (κ3) is 3.92. The van der Waals surface area contributed by atoms with E-state index in [1.807, 2.05) is 12.1 Å². The largest absolute Gasteiger partial charge is 0.484 e. The van der Waals surface area contributed by atoms with Crippen LogP contribution in [-0.2, 0) is 11.3 Å². The molecule has 0 aliphatic rings. The average Bonchev–Trinajstić information content (AvgIpc) is 3.09. The molecule has 0 amide bonds. The first-order chi connectivity index (χ1) is 12.1. The Kier molecular flexibility index (Phi) is 5.21. The molecule has 0 bridgehead atoms. The fraction of sp³-hybridized carbons (Fsp3) is 0.118. The minimum atomic E-state index is -0.476. The number of aromatic nitrogens is 2. The highest BCUT2D eigenvalue weighted by Crippen LogP contribution is 2.28. The quantitative estimate of drug-likeness (QED) is 0.612. The number of ether oxygens (including phenoxy) is 2. The minimum Gasteiger partial charge on any atom is -0.484 e. The van der Waals surface area contributed by atoms with Gasteiger partial charge in [0.15, 0.2) is 6.61 Å². The summed E-state index contributed by atoms with van der Waals surface area (Å²) in [5, 5.41) is 4.64. The van der Waals surface area contributed by atoms with Crippen molar-refractivity contribution in [3.05, 3.63) is 63.9 Å². The molecule has 1 aromatic heterocycles. The molecule has 0 saturated carbocycles. The number of esters is 1. The first-order valence-electron chi connectivity index (χ1n) is 7.16. The van der Waals surface area contributed by atoms with Crippen molar-refractivity contribution in [3.63, 3.8) is 0 Å². The molecule has 3 aromatic rings. The summed E-state index contributed by atoms with van der Waals surface area (Å²) in [5.41, 5.74) is 0.976. The lowest BCUT2D eigenvalue weighted by atomic mass is 10.2. The molecule has 128 valence electrons. The molecule has 0 aliphatic carbocycles. The molecule has 0 radical (unpaired) electrons. The van der Waals surface area contributed by atoms with Crippen LogP contribution in [0.25, 0.3) is 11.5 Å². The second kappa shape index (κ2) is 7.55. The van der Waals surface area contributed by atoms with Gasteiger partial charge >= 0.3 is 5.97 Å². The number of methoxy groups -OCH3 is 1. The zero-order valence-corrected chi connectivity index (χ0v) is 14.5. The van der Waals surface area contributed by atoms with E-state index in [1.54, 1.807) is 24.3 Å². The summed E-state index contributed by atoms with van der Waals surface area (Å²) in [6.45, 7) is 0.0469. The molecule has 3 rings (SSSR count). The molecule has 0 N–H and O–H groups in total. The van der Waals surface area contributed by atoms with Crippen molar-refractivity contribution in [3.8, 4) is 17.2 Å².